The Bertz CT molecular complexity index is 805. The number of aryl methyl sites for hydroxylation is 2. The second-order valence-corrected chi connectivity index (χ2v) is 7.27. The molecule has 5 nitrogen and oxygen atoms in total. The normalized spacial score (nSPS) is 13.7. The SMILES string of the molecule is C=CCOCC(O)CN(Cc1ccc2c(c1)OCO2)Cc1cc(C)ccc1C. The van der Waals surface area contributed by atoms with Crippen LogP contribution in [0, 0.1) is 13.8 Å². The van der Waals surface area contributed by atoms with E-state index in [0.717, 1.165) is 23.6 Å². The molecule has 5 heteroatoms. The molecule has 0 aliphatic carbocycles. The summed E-state index contributed by atoms with van der Waals surface area (Å²) >= 11 is 0. The number of hydrogen-bond acceptors (Lipinski definition) is 5. The van der Waals surface area contributed by atoms with Gasteiger partial charge in [0.1, 0.15) is 0 Å². The van der Waals surface area contributed by atoms with Gasteiger partial charge in [-0.05, 0) is 42.7 Å². The van der Waals surface area contributed by atoms with Gasteiger partial charge in [0, 0.05) is 19.6 Å². The Hall–Kier alpha value is -2.34. The lowest BCUT2D eigenvalue weighted by Crippen LogP contribution is -2.34. The van der Waals surface area contributed by atoms with Gasteiger partial charge in [-0.1, -0.05) is 35.9 Å². The fourth-order valence-electron chi connectivity index (χ4n) is 3.33. The number of benzene rings is 2. The summed E-state index contributed by atoms with van der Waals surface area (Å²) in [5.74, 6) is 1.56. The van der Waals surface area contributed by atoms with Gasteiger partial charge in [-0.3, -0.25) is 4.90 Å². The van der Waals surface area contributed by atoms with E-state index in [4.69, 9.17) is 14.2 Å². The Kier molecular flexibility index (Phi) is 7.09. The molecule has 1 aliphatic heterocycles. The molecule has 1 unspecified atom stereocenters. The van der Waals surface area contributed by atoms with Gasteiger partial charge in [0.05, 0.1) is 19.3 Å². The van der Waals surface area contributed by atoms with Crippen molar-refractivity contribution in [3.63, 3.8) is 0 Å². The maximum Gasteiger partial charge on any atom is 0.231 e. The molecule has 0 spiro atoms. The molecule has 28 heavy (non-hydrogen) atoms. The first-order valence-corrected chi connectivity index (χ1v) is 9.59. The van der Waals surface area contributed by atoms with Crippen LogP contribution in [0.1, 0.15) is 22.3 Å². The summed E-state index contributed by atoms with van der Waals surface area (Å²) in [5, 5.41) is 10.4. The van der Waals surface area contributed by atoms with Gasteiger partial charge in [-0.25, -0.2) is 0 Å². The van der Waals surface area contributed by atoms with Gasteiger partial charge < -0.3 is 19.3 Å². The summed E-state index contributed by atoms with van der Waals surface area (Å²) in [7, 11) is 0. The molecule has 0 amide bonds. The molecule has 0 aromatic heterocycles. The largest absolute Gasteiger partial charge is 0.454 e. The van der Waals surface area contributed by atoms with Crippen molar-refractivity contribution in [2.75, 3.05) is 26.6 Å². The van der Waals surface area contributed by atoms with E-state index in [0.29, 0.717) is 19.7 Å². The summed E-state index contributed by atoms with van der Waals surface area (Å²) in [6.45, 7) is 10.8. The van der Waals surface area contributed by atoms with E-state index in [2.05, 4.69) is 43.5 Å². The zero-order valence-corrected chi connectivity index (χ0v) is 16.7. The Morgan fingerprint density at radius 3 is 2.79 bits per heavy atom. The molecule has 0 saturated carbocycles. The van der Waals surface area contributed by atoms with Crippen LogP contribution in [-0.4, -0.2) is 42.7 Å². The van der Waals surface area contributed by atoms with Crippen LogP contribution in [0.25, 0.3) is 0 Å². The van der Waals surface area contributed by atoms with Crippen molar-refractivity contribution in [2.45, 2.75) is 33.0 Å². The zero-order chi connectivity index (χ0) is 19.9. The predicted octanol–water partition coefficient (Wildman–Crippen LogP) is 3.60. The van der Waals surface area contributed by atoms with Crippen molar-refractivity contribution in [3.8, 4) is 11.5 Å². The van der Waals surface area contributed by atoms with Crippen LogP contribution in [0.3, 0.4) is 0 Å². The molecule has 0 saturated heterocycles. The molecule has 2 aromatic rings. The molecule has 1 N–H and O–H groups in total. The third-order valence-corrected chi connectivity index (χ3v) is 4.76. The molecular formula is C23H29NO4. The van der Waals surface area contributed by atoms with Gasteiger partial charge in [-0.15, -0.1) is 6.58 Å². The van der Waals surface area contributed by atoms with Crippen LogP contribution >= 0.6 is 0 Å². The lowest BCUT2D eigenvalue weighted by Gasteiger charge is -2.26. The zero-order valence-electron chi connectivity index (χ0n) is 16.7. The van der Waals surface area contributed by atoms with E-state index in [1.807, 2.05) is 18.2 Å². The number of aliphatic hydroxyl groups excluding tert-OH is 1. The third-order valence-electron chi connectivity index (χ3n) is 4.76. The van der Waals surface area contributed by atoms with Crippen LogP contribution in [0.15, 0.2) is 49.1 Å². The highest BCUT2D eigenvalue weighted by atomic mass is 16.7. The van der Waals surface area contributed by atoms with Crippen LogP contribution in [0.2, 0.25) is 0 Å². The Morgan fingerprint density at radius 1 is 1.14 bits per heavy atom. The average Bonchev–Trinajstić information content (AvgIpc) is 3.12. The molecular weight excluding hydrogens is 354 g/mol. The van der Waals surface area contributed by atoms with Crippen LogP contribution in [0.4, 0.5) is 0 Å². The first-order chi connectivity index (χ1) is 13.5. The minimum absolute atomic E-state index is 0.268. The molecule has 1 heterocycles. The fraction of sp³-hybridized carbons (Fsp3) is 0.391. The van der Waals surface area contributed by atoms with Gasteiger partial charge in [0.25, 0.3) is 0 Å². The van der Waals surface area contributed by atoms with Crippen molar-refractivity contribution in [3.05, 3.63) is 71.3 Å². The fourth-order valence-corrected chi connectivity index (χ4v) is 3.33. The number of nitrogens with zero attached hydrogens (tertiary/aromatic N) is 1. The quantitative estimate of drug-likeness (QED) is 0.502. The van der Waals surface area contributed by atoms with E-state index in [-0.39, 0.29) is 13.4 Å². The Labute approximate surface area is 167 Å². The van der Waals surface area contributed by atoms with Crippen molar-refractivity contribution in [1.82, 2.24) is 4.90 Å². The molecule has 1 aliphatic rings. The third kappa shape index (κ3) is 5.58. The Balaban J connectivity index is 1.73. The van der Waals surface area contributed by atoms with E-state index in [1.165, 1.54) is 16.7 Å². The average molecular weight is 383 g/mol. The van der Waals surface area contributed by atoms with Crippen molar-refractivity contribution >= 4 is 0 Å². The van der Waals surface area contributed by atoms with Crippen LogP contribution in [0.5, 0.6) is 11.5 Å². The second kappa shape index (κ2) is 9.73. The van der Waals surface area contributed by atoms with Crippen molar-refractivity contribution < 1.29 is 19.3 Å². The molecule has 0 fully saturated rings. The summed E-state index contributed by atoms with van der Waals surface area (Å²) in [5.41, 5.74) is 4.87. The summed E-state index contributed by atoms with van der Waals surface area (Å²) < 4.78 is 16.3. The van der Waals surface area contributed by atoms with E-state index < -0.39 is 6.10 Å². The topological polar surface area (TPSA) is 51.2 Å². The maximum atomic E-state index is 10.4. The van der Waals surface area contributed by atoms with E-state index in [9.17, 15) is 5.11 Å². The van der Waals surface area contributed by atoms with Crippen LogP contribution < -0.4 is 9.47 Å². The molecule has 0 radical (unpaired) electrons. The predicted molar refractivity (Wildman–Crippen MR) is 110 cm³/mol. The van der Waals surface area contributed by atoms with Crippen molar-refractivity contribution in [1.29, 1.82) is 0 Å². The standard InChI is InChI=1S/C23H29NO4/c1-4-9-26-15-21(25)14-24(13-20-10-17(2)5-6-18(20)3)12-19-7-8-22-23(11-19)28-16-27-22/h4-8,10-11,21,25H,1,9,12-16H2,2-3H3. The van der Waals surface area contributed by atoms with E-state index >= 15 is 0 Å². The minimum atomic E-state index is -0.570. The van der Waals surface area contributed by atoms with E-state index in [1.54, 1.807) is 6.08 Å². The van der Waals surface area contributed by atoms with Gasteiger partial charge in [0.15, 0.2) is 11.5 Å². The summed E-state index contributed by atoms with van der Waals surface area (Å²) in [6, 6.07) is 12.5. The lowest BCUT2D eigenvalue weighted by atomic mass is 10.0. The first-order valence-electron chi connectivity index (χ1n) is 9.59. The highest BCUT2D eigenvalue weighted by Gasteiger charge is 2.17. The molecule has 1 atom stereocenters. The summed E-state index contributed by atoms with van der Waals surface area (Å²) in [6.07, 6.45) is 1.12. The molecule has 2 aromatic carbocycles. The lowest BCUT2D eigenvalue weighted by molar-refractivity contribution is 0.0228. The number of hydrogen-bond donors (Lipinski definition) is 1. The maximum absolute atomic E-state index is 10.4. The number of aliphatic hydroxyl groups is 1. The van der Waals surface area contributed by atoms with Gasteiger partial charge in [-0.2, -0.15) is 0 Å². The smallest absolute Gasteiger partial charge is 0.231 e. The molecule has 0 bridgehead atoms. The minimum Gasteiger partial charge on any atom is -0.454 e. The first kappa shape index (κ1) is 20.4. The number of ether oxygens (including phenoxy) is 3. The highest BCUT2D eigenvalue weighted by molar-refractivity contribution is 5.44. The Morgan fingerprint density at radius 2 is 1.96 bits per heavy atom. The van der Waals surface area contributed by atoms with Crippen LogP contribution in [-0.2, 0) is 17.8 Å². The number of fused-ring (bicyclic) bond motifs is 1. The monoisotopic (exact) mass is 383 g/mol. The van der Waals surface area contributed by atoms with Gasteiger partial charge >= 0.3 is 0 Å². The molecule has 3 rings (SSSR count). The highest BCUT2D eigenvalue weighted by Crippen LogP contribution is 2.33. The van der Waals surface area contributed by atoms with Gasteiger partial charge in [0.2, 0.25) is 6.79 Å². The second-order valence-electron chi connectivity index (χ2n) is 7.27. The van der Waals surface area contributed by atoms with Crippen molar-refractivity contribution in [2.24, 2.45) is 0 Å². The summed E-state index contributed by atoms with van der Waals surface area (Å²) in [4.78, 5) is 2.24. The number of rotatable bonds is 10. The molecule has 150 valence electrons.